The first-order valence-electron chi connectivity index (χ1n) is 4.46. The second-order valence-corrected chi connectivity index (χ2v) is 4.40. The number of Topliss-reactive ketones (excluding diaryl/α,β-unsaturated/α-hetero) is 2. The maximum absolute atomic E-state index is 11.8. The molecule has 0 saturated heterocycles. The van der Waals surface area contributed by atoms with Crippen LogP contribution in [0.4, 0.5) is 9.41 Å². The molecule has 3 radical (unpaired) electrons. The molecule has 17 heavy (non-hydrogen) atoms. The van der Waals surface area contributed by atoms with E-state index in [2.05, 4.69) is 0 Å². The van der Waals surface area contributed by atoms with Crippen LogP contribution in [-0.2, 0) is 4.79 Å². The predicted octanol–water partition coefficient (Wildman–Crippen LogP) is 2.10. The van der Waals surface area contributed by atoms with Crippen molar-refractivity contribution in [1.82, 2.24) is 0 Å². The minimum absolute atomic E-state index is 0. The van der Waals surface area contributed by atoms with Crippen molar-refractivity contribution in [2.45, 2.75) is 11.8 Å². The zero-order valence-corrected chi connectivity index (χ0v) is 10.0. The number of fused-ring (bicyclic) bond motifs is 1. The van der Waals surface area contributed by atoms with Crippen molar-refractivity contribution < 1.29 is 19.0 Å². The lowest BCUT2D eigenvalue weighted by atomic mass is 9.95. The van der Waals surface area contributed by atoms with Crippen LogP contribution in [0, 0.1) is 5.92 Å². The van der Waals surface area contributed by atoms with E-state index < -0.39 is 5.92 Å². The molecule has 0 bridgehead atoms. The smallest absolute Gasteiger partial charge is 0.175 e. The van der Waals surface area contributed by atoms with E-state index in [0.29, 0.717) is 11.3 Å². The highest BCUT2D eigenvalue weighted by atomic mass is 32.2. The summed E-state index contributed by atoms with van der Waals surface area (Å²) in [6.07, 6.45) is 0. The van der Waals surface area contributed by atoms with Gasteiger partial charge in [0.2, 0.25) is 0 Å². The molecular weight excluding hydrogens is 245 g/mol. The van der Waals surface area contributed by atoms with Gasteiger partial charge in [-0.05, 0) is 13.0 Å². The predicted molar refractivity (Wildman–Crippen MR) is 66.4 cm³/mol. The molecule has 0 N–H and O–H groups in total. The summed E-state index contributed by atoms with van der Waals surface area (Å²) in [5.74, 6) is 0.101. The van der Waals surface area contributed by atoms with Crippen LogP contribution >= 0.6 is 11.8 Å². The number of ketones is 2. The highest BCUT2D eigenvalue weighted by molar-refractivity contribution is 7.99. The van der Waals surface area contributed by atoms with Crippen molar-refractivity contribution in [1.29, 1.82) is 0 Å². The van der Waals surface area contributed by atoms with E-state index in [-0.39, 0.29) is 29.4 Å². The maximum atomic E-state index is 11.8. The highest BCUT2D eigenvalue weighted by Gasteiger charge is 2.30. The van der Waals surface area contributed by atoms with Gasteiger partial charge in [0.25, 0.3) is 0 Å². The van der Waals surface area contributed by atoms with E-state index in [1.165, 1.54) is 6.92 Å². The fraction of sp³-hybridized carbons (Fsp3) is 0.273. The lowest BCUT2D eigenvalue weighted by Crippen LogP contribution is -2.27. The molecule has 91 valence electrons. The van der Waals surface area contributed by atoms with E-state index in [9.17, 15) is 9.59 Å². The third kappa shape index (κ3) is 3.39. The van der Waals surface area contributed by atoms with Crippen LogP contribution < -0.4 is 0 Å². The Morgan fingerprint density at radius 3 is 2.47 bits per heavy atom. The number of halogens is 2. The number of thioether (sulfide) groups is 1. The Morgan fingerprint density at radius 2 is 1.88 bits per heavy atom. The lowest BCUT2D eigenvalue weighted by molar-refractivity contribution is -0.118. The van der Waals surface area contributed by atoms with E-state index in [4.69, 9.17) is 0 Å². The van der Waals surface area contributed by atoms with Crippen molar-refractivity contribution in [2.75, 3.05) is 5.75 Å². The van der Waals surface area contributed by atoms with E-state index in [1.54, 1.807) is 17.8 Å². The molecule has 1 aliphatic heterocycles. The molecule has 1 atom stereocenters. The number of carbonyl (C=O) groups is 2. The van der Waals surface area contributed by atoms with Crippen LogP contribution in [0.5, 0.6) is 0 Å². The molecule has 2 nitrogen and oxygen atoms in total. The first kappa shape index (κ1) is 18.2. The molecule has 1 unspecified atom stereocenters. The van der Waals surface area contributed by atoms with Gasteiger partial charge in [-0.2, -0.15) is 0 Å². The monoisotopic (exact) mass is 257 g/mol. The highest BCUT2D eigenvalue weighted by Crippen LogP contribution is 2.32. The molecule has 6 heteroatoms. The van der Waals surface area contributed by atoms with Crippen molar-refractivity contribution in [3.05, 3.63) is 29.8 Å². The third-order valence-electron chi connectivity index (χ3n) is 2.37. The van der Waals surface area contributed by atoms with Gasteiger partial charge in [0.1, 0.15) is 5.78 Å². The van der Waals surface area contributed by atoms with Crippen LogP contribution in [0.25, 0.3) is 0 Å². The number of hydrogen-bond acceptors (Lipinski definition) is 3. The van der Waals surface area contributed by atoms with Crippen molar-refractivity contribution in [2.24, 2.45) is 5.92 Å². The molecule has 1 aliphatic rings. The Balaban J connectivity index is 0. The second-order valence-electron chi connectivity index (χ2n) is 3.33. The van der Waals surface area contributed by atoms with Crippen LogP contribution in [0.2, 0.25) is 0 Å². The molecule has 0 aliphatic carbocycles. The summed E-state index contributed by atoms with van der Waals surface area (Å²) in [5.41, 5.74) is 0.698. The van der Waals surface area contributed by atoms with E-state index in [1.807, 2.05) is 18.2 Å². The van der Waals surface area contributed by atoms with Gasteiger partial charge in [-0.25, -0.2) is 0 Å². The largest absolute Gasteiger partial charge is 0.299 e. The quantitative estimate of drug-likeness (QED) is 0.570. The molecular formula is C11H12BF2O2S. The molecule has 1 heterocycles. The first-order valence-corrected chi connectivity index (χ1v) is 5.45. The zero-order valence-electron chi connectivity index (χ0n) is 9.21. The number of hydrogen-bond donors (Lipinski definition) is 0. The minimum Gasteiger partial charge on any atom is -0.299 e. The fourth-order valence-electron chi connectivity index (χ4n) is 1.53. The Bertz CT molecular complexity index is 412. The maximum Gasteiger partial charge on any atom is 0.175 e. The lowest BCUT2D eigenvalue weighted by Gasteiger charge is -2.20. The van der Waals surface area contributed by atoms with Gasteiger partial charge in [0, 0.05) is 24.6 Å². The first-order chi connectivity index (χ1) is 6.70. The van der Waals surface area contributed by atoms with Crippen LogP contribution in [0.15, 0.2) is 29.2 Å². The molecule has 0 aromatic heterocycles. The number of rotatable bonds is 1. The van der Waals surface area contributed by atoms with Crippen LogP contribution in [0.1, 0.15) is 17.3 Å². The molecule has 0 saturated carbocycles. The van der Waals surface area contributed by atoms with Gasteiger partial charge in [0.05, 0.1) is 5.92 Å². The van der Waals surface area contributed by atoms with Gasteiger partial charge < -0.3 is 0 Å². The molecule has 1 aromatic carbocycles. The summed E-state index contributed by atoms with van der Waals surface area (Å²) >= 11 is 1.59. The van der Waals surface area contributed by atoms with Crippen LogP contribution in [0.3, 0.4) is 0 Å². The number of carbonyl (C=O) groups excluding carboxylic acids is 2. The molecule has 0 fully saturated rings. The van der Waals surface area contributed by atoms with E-state index >= 15 is 0 Å². The SMILES string of the molecule is CC(=O)C1CSc2ccccc2C1=O.F.F.[B]. The van der Waals surface area contributed by atoms with Gasteiger partial charge in [-0.1, -0.05) is 18.2 Å². The second kappa shape index (κ2) is 7.22. The topological polar surface area (TPSA) is 34.1 Å². The summed E-state index contributed by atoms with van der Waals surface area (Å²) in [6, 6.07) is 7.46. The summed E-state index contributed by atoms with van der Waals surface area (Å²) in [5, 5.41) is 0. The standard InChI is InChI=1S/C11H10O2S.B.2FH/c1-7(12)9-6-14-10-5-3-2-4-8(10)11(9)13;;;/h2-5,9H,6H2,1H3;;2*1H. The fourth-order valence-corrected chi connectivity index (χ4v) is 2.77. The third-order valence-corrected chi connectivity index (χ3v) is 3.53. The normalized spacial score (nSPS) is 16.8. The summed E-state index contributed by atoms with van der Waals surface area (Å²) in [4.78, 5) is 24.0. The van der Waals surface area contributed by atoms with Gasteiger partial charge >= 0.3 is 0 Å². The van der Waals surface area contributed by atoms with Crippen molar-refractivity contribution >= 4 is 31.7 Å². The summed E-state index contributed by atoms with van der Waals surface area (Å²) in [7, 11) is 0. The summed E-state index contributed by atoms with van der Waals surface area (Å²) < 4.78 is 0. The zero-order chi connectivity index (χ0) is 10.1. The van der Waals surface area contributed by atoms with Gasteiger partial charge in [-0.15, -0.1) is 11.8 Å². The van der Waals surface area contributed by atoms with Crippen molar-refractivity contribution in [3.8, 4) is 0 Å². The van der Waals surface area contributed by atoms with Crippen LogP contribution in [-0.4, -0.2) is 25.7 Å². The van der Waals surface area contributed by atoms with Crippen molar-refractivity contribution in [3.63, 3.8) is 0 Å². The Morgan fingerprint density at radius 1 is 1.29 bits per heavy atom. The number of benzene rings is 1. The molecule has 0 amide bonds. The van der Waals surface area contributed by atoms with Gasteiger partial charge in [0.15, 0.2) is 5.78 Å². The molecule has 0 spiro atoms. The average molecular weight is 257 g/mol. The average Bonchev–Trinajstić information content (AvgIpc) is 2.18. The van der Waals surface area contributed by atoms with E-state index in [0.717, 1.165) is 4.90 Å². The van der Waals surface area contributed by atoms with Gasteiger partial charge in [-0.3, -0.25) is 19.0 Å². The summed E-state index contributed by atoms with van der Waals surface area (Å²) in [6.45, 7) is 1.48. The Hall–Kier alpha value is -1.17. The molecule has 1 aromatic rings. The minimum atomic E-state index is -0.435. The Labute approximate surface area is 104 Å². The Kier molecular flexibility index (Phi) is 7.73. The molecule has 2 rings (SSSR count).